The highest BCUT2D eigenvalue weighted by Gasteiger charge is 2.27. The van der Waals surface area contributed by atoms with Gasteiger partial charge in [-0.1, -0.05) is 12.8 Å². The largest absolute Gasteiger partial charge is 0.342 e. The Morgan fingerprint density at radius 2 is 1.79 bits per heavy atom. The quantitative estimate of drug-likeness (QED) is 0.899. The molecule has 0 spiro atoms. The van der Waals surface area contributed by atoms with Gasteiger partial charge in [-0.2, -0.15) is 0 Å². The number of anilines is 1. The van der Waals surface area contributed by atoms with Gasteiger partial charge in [-0.05, 0) is 49.9 Å². The monoisotopic (exact) mass is 346 g/mol. The molecule has 1 N–H and O–H groups in total. The number of carbonyl (C=O) groups is 2. The maximum atomic E-state index is 12.4. The molecule has 1 aliphatic carbocycles. The minimum absolute atomic E-state index is 0.0251. The predicted molar refractivity (Wildman–Crippen MR) is 98.2 cm³/mol. The van der Waals surface area contributed by atoms with Crippen LogP contribution in [-0.2, 0) is 9.59 Å². The van der Waals surface area contributed by atoms with Crippen LogP contribution in [-0.4, -0.2) is 35.1 Å². The zero-order valence-electron chi connectivity index (χ0n) is 14.3. The summed E-state index contributed by atoms with van der Waals surface area (Å²) in [6, 6.07) is 8.17. The highest BCUT2D eigenvalue weighted by molar-refractivity contribution is 8.00. The molecule has 1 aromatic rings. The first-order chi connectivity index (χ1) is 11.6. The van der Waals surface area contributed by atoms with Crippen molar-refractivity contribution < 1.29 is 9.59 Å². The number of thioether (sulfide) groups is 1. The number of carbonyl (C=O) groups excluding carboxylic acids is 2. The van der Waals surface area contributed by atoms with E-state index >= 15 is 0 Å². The zero-order valence-corrected chi connectivity index (χ0v) is 15.1. The number of amides is 2. The lowest BCUT2D eigenvalue weighted by atomic mass is 9.97. The molecular weight excluding hydrogens is 320 g/mol. The summed E-state index contributed by atoms with van der Waals surface area (Å²) in [6.07, 6.45) is 7.09. The molecule has 1 saturated heterocycles. The van der Waals surface area contributed by atoms with Crippen LogP contribution in [0.3, 0.4) is 0 Å². The van der Waals surface area contributed by atoms with Gasteiger partial charge in [-0.3, -0.25) is 9.59 Å². The normalized spacial score (nSPS) is 21.7. The Balaban J connectivity index is 1.53. The van der Waals surface area contributed by atoms with E-state index in [1.807, 2.05) is 23.9 Å². The van der Waals surface area contributed by atoms with E-state index in [2.05, 4.69) is 17.4 Å². The van der Waals surface area contributed by atoms with E-state index in [0.717, 1.165) is 30.3 Å². The molecule has 3 rings (SSSR count). The maximum Gasteiger partial charge on any atom is 0.229 e. The van der Waals surface area contributed by atoms with Crippen LogP contribution >= 0.6 is 11.8 Å². The summed E-state index contributed by atoms with van der Waals surface area (Å²) in [4.78, 5) is 27.0. The van der Waals surface area contributed by atoms with Crippen molar-refractivity contribution in [2.24, 2.45) is 5.92 Å². The predicted octanol–water partition coefficient (Wildman–Crippen LogP) is 3.92. The van der Waals surface area contributed by atoms with Gasteiger partial charge in [-0.15, -0.1) is 11.8 Å². The molecule has 1 atom stereocenters. The van der Waals surface area contributed by atoms with Gasteiger partial charge in [-0.25, -0.2) is 0 Å². The number of piperidine rings is 1. The minimum Gasteiger partial charge on any atom is -0.342 e. The summed E-state index contributed by atoms with van der Waals surface area (Å²) in [6.45, 7) is 2.88. The second kappa shape index (κ2) is 8.06. The first-order valence-electron chi connectivity index (χ1n) is 8.95. The Morgan fingerprint density at radius 1 is 1.08 bits per heavy atom. The zero-order chi connectivity index (χ0) is 16.9. The molecule has 2 fully saturated rings. The third-order valence-electron chi connectivity index (χ3n) is 4.96. The Morgan fingerprint density at radius 3 is 2.46 bits per heavy atom. The highest BCUT2D eigenvalue weighted by Crippen LogP contribution is 2.35. The van der Waals surface area contributed by atoms with E-state index < -0.39 is 0 Å². The van der Waals surface area contributed by atoms with Crippen molar-refractivity contribution in [1.82, 2.24) is 4.90 Å². The Hall–Kier alpha value is -1.49. The summed E-state index contributed by atoms with van der Waals surface area (Å²) >= 11 is 1.95. The van der Waals surface area contributed by atoms with Crippen molar-refractivity contribution in [3.05, 3.63) is 24.3 Å². The average Bonchev–Trinajstić information content (AvgIpc) is 3.10. The molecule has 1 aliphatic heterocycles. The van der Waals surface area contributed by atoms with E-state index in [1.165, 1.54) is 30.6 Å². The molecule has 0 radical (unpaired) electrons. The van der Waals surface area contributed by atoms with Crippen LogP contribution in [0.1, 0.15) is 45.4 Å². The van der Waals surface area contributed by atoms with Crippen LogP contribution in [0.5, 0.6) is 0 Å². The van der Waals surface area contributed by atoms with Crippen molar-refractivity contribution in [3.8, 4) is 0 Å². The van der Waals surface area contributed by atoms with Gasteiger partial charge in [0.2, 0.25) is 11.8 Å². The summed E-state index contributed by atoms with van der Waals surface area (Å²) in [5.41, 5.74) is 0.843. The van der Waals surface area contributed by atoms with Crippen LogP contribution in [0.4, 0.5) is 5.69 Å². The second-order valence-electron chi connectivity index (χ2n) is 6.84. The van der Waals surface area contributed by atoms with E-state index in [9.17, 15) is 9.59 Å². The molecule has 0 unspecified atom stereocenters. The molecule has 0 bridgehead atoms. The van der Waals surface area contributed by atoms with E-state index in [4.69, 9.17) is 0 Å². The van der Waals surface area contributed by atoms with Gasteiger partial charge >= 0.3 is 0 Å². The fourth-order valence-corrected chi connectivity index (χ4v) is 4.78. The first-order valence-corrected chi connectivity index (χ1v) is 9.83. The van der Waals surface area contributed by atoms with Crippen LogP contribution in [0, 0.1) is 5.92 Å². The van der Waals surface area contributed by atoms with Crippen molar-refractivity contribution >= 4 is 29.3 Å². The molecule has 1 saturated carbocycles. The van der Waals surface area contributed by atoms with Gasteiger partial charge in [0.15, 0.2) is 0 Å². The molecule has 1 heterocycles. The van der Waals surface area contributed by atoms with Crippen molar-refractivity contribution in [1.29, 1.82) is 0 Å². The molecule has 0 aromatic heterocycles. The van der Waals surface area contributed by atoms with Crippen LogP contribution in [0.25, 0.3) is 0 Å². The SMILES string of the molecule is CC(=O)N1CCC[C@H](C(=O)Nc2ccc(SC3CCCC3)cc2)C1. The standard InChI is InChI=1S/C19H26N2O2S/c1-14(22)21-12-4-5-15(13-21)19(23)20-16-8-10-18(11-9-16)24-17-6-2-3-7-17/h8-11,15,17H,2-7,12-13H2,1H3,(H,20,23)/t15-/m0/s1. The van der Waals surface area contributed by atoms with Crippen LogP contribution in [0.15, 0.2) is 29.2 Å². The van der Waals surface area contributed by atoms with Crippen molar-refractivity contribution in [2.75, 3.05) is 18.4 Å². The van der Waals surface area contributed by atoms with Crippen LogP contribution < -0.4 is 5.32 Å². The number of nitrogens with one attached hydrogen (secondary N) is 1. The van der Waals surface area contributed by atoms with E-state index in [-0.39, 0.29) is 17.7 Å². The highest BCUT2D eigenvalue weighted by atomic mass is 32.2. The average molecular weight is 346 g/mol. The number of benzene rings is 1. The fraction of sp³-hybridized carbons (Fsp3) is 0.579. The smallest absolute Gasteiger partial charge is 0.229 e. The van der Waals surface area contributed by atoms with Crippen molar-refractivity contribution in [3.63, 3.8) is 0 Å². The molecule has 4 nitrogen and oxygen atoms in total. The van der Waals surface area contributed by atoms with E-state index in [1.54, 1.807) is 11.8 Å². The second-order valence-corrected chi connectivity index (χ2v) is 8.22. The number of hydrogen-bond acceptors (Lipinski definition) is 3. The van der Waals surface area contributed by atoms with Gasteiger partial charge in [0.1, 0.15) is 0 Å². The lowest BCUT2D eigenvalue weighted by Gasteiger charge is -2.31. The molecule has 2 aliphatic rings. The fourth-order valence-electron chi connectivity index (χ4n) is 3.54. The molecule has 1 aromatic carbocycles. The summed E-state index contributed by atoms with van der Waals surface area (Å²) in [5.74, 6) is -0.0203. The van der Waals surface area contributed by atoms with Crippen molar-refractivity contribution in [2.45, 2.75) is 55.6 Å². The lowest BCUT2D eigenvalue weighted by Crippen LogP contribution is -2.42. The summed E-state index contributed by atoms with van der Waals surface area (Å²) < 4.78 is 0. The Labute approximate surface area is 148 Å². The molecule has 5 heteroatoms. The number of nitrogens with zero attached hydrogens (tertiary/aromatic N) is 1. The maximum absolute atomic E-state index is 12.4. The summed E-state index contributed by atoms with van der Waals surface area (Å²) in [7, 11) is 0. The molecular formula is C19H26N2O2S. The minimum atomic E-state index is -0.102. The lowest BCUT2D eigenvalue weighted by molar-refractivity contribution is -0.132. The van der Waals surface area contributed by atoms with Crippen LogP contribution in [0.2, 0.25) is 0 Å². The van der Waals surface area contributed by atoms with Gasteiger partial charge < -0.3 is 10.2 Å². The van der Waals surface area contributed by atoms with Gasteiger partial charge in [0.05, 0.1) is 5.92 Å². The summed E-state index contributed by atoms with van der Waals surface area (Å²) in [5, 5.41) is 3.76. The number of rotatable bonds is 4. The van der Waals surface area contributed by atoms with Gasteiger partial charge in [0.25, 0.3) is 0 Å². The molecule has 2 amide bonds. The number of hydrogen-bond donors (Lipinski definition) is 1. The van der Waals surface area contributed by atoms with E-state index in [0.29, 0.717) is 6.54 Å². The topological polar surface area (TPSA) is 49.4 Å². The molecule has 130 valence electrons. The third-order valence-corrected chi connectivity index (χ3v) is 6.31. The number of likely N-dealkylation sites (tertiary alicyclic amines) is 1. The molecule has 24 heavy (non-hydrogen) atoms. The van der Waals surface area contributed by atoms with Gasteiger partial charge in [0, 0.05) is 35.8 Å². The third kappa shape index (κ3) is 4.53. The Bertz CT molecular complexity index is 582. The Kier molecular flexibility index (Phi) is 5.82. The first kappa shape index (κ1) is 17.3.